The molecule has 0 bridgehead atoms. The normalized spacial score (nSPS) is 10.5. The van der Waals surface area contributed by atoms with Crippen LogP contribution in [0, 0.1) is 0 Å². The van der Waals surface area contributed by atoms with Gasteiger partial charge in [0.05, 0.1) is 0 Å². The van der Waals surface area contributed by atoms with Gasteiger partial charge < -0.3 is 10.1 Å². The van der Waals surface area contributed by atoms with E-state index in [1.165, 1.54) is 11.3 Å². The molecule has 2 rings (SSSR count). The van der Waals surface area contributed by atoms with E-state index < -0.39 is 0 Å². The highest BCUT2D eigenvalue weighted by atomic mass is 35.5. The second-order valence-electron chi connectivity index (χ2n) is 3.38. The Morgan fingerprint density at radius 3 is 2.88 bits per heavy atom. The number of ether oxygens (including phenoxy) is 1. The molecule has 0 saturated carbocycles. The zero-order chi connectivity index (χ0) is 12.1. The first-order valence-electron chi connectivity index (χ1n) is 5.13. The number of benzene rings is 1. The molecule has 0 aliphatic rings. The van der Waals surface area contributed by atoms with Crippen molar-refractivity contribution in [1.82, 2.24) is 15.5 Å². The number of rotatable bonds is 5. The van der Waals surface area contributed by atoms with Gasteiger partial charge in [0.25, 0.3) is 0 Å². The third kappa shape index (κ3) is 3.39. The zero-order valence-corrected chi connectivity index (χ0v) is 10.9. The van der Waals surface area contributed by atoms with Gasteiger partial charge in [-0.2, -0.15) is 0 Å². The van der Waals surface area contributed by atoms with Crippen molar-refractivity contribution in [3.63, 3.8) is 0 Å². The van der Waals surface area contributed by atoms with Gasteiger partial charge in [0.2, 0.25) is 4.47 Å². The van der Waals surface area contributed by atoms with Crippen molar-refractivity contribution in [3.05, 3.63) is 39.3 Å². The van der Waals surface area contributed by atoms with Crippen LogP contribution in [0.3, 0.4) is 0 Å². The topological polar surface area (TPSA) is 47.0 Å². The van der Waals surface area contributed by atoms with Crippen LogP contribution < -0.4 is 10.1 Å². The third-order valence-corrected chi connectivity index (χ3v) is 3.13. The average molecular weight is 270 g/mol. The summed E-state index contributed by atoms with van der Waals surface area (Å²) in [7, 11) is 1.90. The van der Waals surface area contributed by atoms with Gasteiger partial charge in [-0.3, -0.25) is 0 Å². The lowest BCUT2D eigenvalue weighted by atomic mass is 10.2. The smallest absolute Gasteiger partial charge is 0.207 e. The van der Waals surface area contributed by atoms with E-state index in [4.69, 9.17) is 16.3 Å². The van der Waals surface area contributed by atoms with Crippen LogP contribution in [0.2, 0.25) is 4.47 Å². The maximum absolute atomic E-state index is 5.70. The summed E-state index contributed by atoms with van der Waals surface area (Å²) in [5.74, 6) is 0.855. The predicted octanol–water partition coefficient (Wildman–Crippen LogP) is 2.49. The largest absolute Gasteiger partial charge is 0.486 e. The molecule has 0 spiro atoms. The molecule has 0 aliphatic carbocycles. The van der Waals surface area contributed by atoms with Crippen LogP contribution in [0.5, 0.6) is 5.75 Å². The van der Waals surface area contributed by atoms with E-state index in [0.717, 1.165) is 22.9 Å². The zero-order valence-electron chi connectivity index (χ0n) is 9.31. The molecule has 0 amide bonds. The lowest BCUT2D eigenvalue weighted by molar-refractivity contribution is 0.301. The van der Waals surface area contributed by atoms with E-state index in [0.29, 0.717) is 11.1 Å². The molecule has 0 atom stereocenters. The average Bonchev–Trinajstić information content (AvgIpc) is 2.74. The van der Waals surface area contributed by atoms with Gasteiger partial charge in [0.15, 0.2) is 5.01 Å². The van der Waals surface area contributed by atoms with E-state index in [1.807, 2.05) is 31.3 Å². The minimum Gasteiger partial charge on any atom is -0.486 e. The standard InChI is InChI=1S/C11H12ClN3OS/c1-13-6-8-4-2-3-5-9(8)16-7-10-14-15-11(12)17-10/h2-5,13H,6-7H2,1H3. The second kappa shape index (κ2) is 5.95. The molecule has 1 aromatic heterocycles. The highest BCUT2D eigenvalue weighted by Crippen LogP contribution is 2.21. The van der Waals surface area contributed by atoms with Crippen molar-refractivity contribution in [1.29, 1.82) is 0 Å². The fraction of sp³-hybridized carbons (Fsp3) is 0.273. The molecule has 90 valence electrons. The molecule has 2 aromatic rings. The molecule has 0 saturated heterocycles. The minimum atomic E-state index is 0.394. The first-order chi connectivity index (χ1) is 8.29. The third-order valence-electron chi connectivity index (χ3n) is 2.13. The van der Waals surface area contributed by atoms with Gasteiger partial charge in [-0.1, -0.05) is 29.5 Å². The van der Waals surface area contributed by atoms with Gasteiger partial charge in [-0.25, -0.2) is 0 Å². The molecule has 1 N–H and O–H groups in total. The summed E-state index contributed by atoms with van der Waals surface area (Å²) in [6, 6.07) is 7.90. The van der Waals surface area contributed by atoms with Crippen LogP contribution in [0.1, 0.15) is 10.6 Å². The van der Waals surface area contributed by atoms with E-state index in [2.05, 4.69) is 15.5 Å². The molecular weight excluding hydrogens is 258 g/mol. The Morgan fingerprint density at radius 1 is 1.35 bits per heavy atom. The van der Waals surface area contributed by atoms with Crippen LogP contribution in [0.15, 0.2) is 24.3 Å². The van der Waals surface area contributed by atoms with Crippen molar-refractivity contribution in [2.24, 2.45) is 0 Å². The van der Waals surface area contributed by atoms with Crippen LogP contribution in [0.4, 0.5) is 0 Å². The first kappa shape index (κ1) is 12.3. The fourth-order valence-electron chi connectivity index (χ4n) is 1.41. The Balaban J connectivity index is 2.03. The number of nitrogens with zero attached hydrogens (tertiary/aromatic N) is 2. The number of hydrogen-bond acceptors (Lipinski definition) is 5. The van der Waals surface area contributed by atoms with Gasteiger partial charge in [0.1, 0.15) is 12.4 Å². The number of hydrogen-bond donors (Lipinski definition) is 1. The molecule has 0 unspecified atom stereocenters. The highest BCUT2D eigenvalue weighted by molar-refractivity contribution is 7.15. The van der Waals surface area contributed by atoms with Crippen molar-refractivity contribution >= 4 is 22.9 Å². The Bertz CT molecular complexity index is 489. The maximum atomic E-state index is 5.70. The van der Waals surface area contributed by atoms with Gasteiger partial charge in [0, 0.05) is 12.1 Å². The lowest BCUT2D eigenvalue weighted by Crippen LogP contribution is -2.07. The van der Waals surface area contributed by atoms with Crippen molar-refractivity contribution in [2.45, 2.75) is 13.2 Å². The quantitative estimate of drug-likeness (QED) is 0.906. The van der Waals surface area contributed by atoms with Crippen molar-refractivity contribution in [2.75, 3.05) is 7.05 Å². The van der Waals surface area contributed by atoms with E-state index in [9.17, 15) is 0 Å². The van der Waals surface area contributed by atoms with E-state index in [1.54, 1.807) is 0 Å². The molecule has 0 fully saturated rings. The predicted molar refractivity (Wildman–Crippen MR) is 68.5 cm³/mol. The Hall–Kier alpha value is -1.17. The van der Waals surface area contributed by atoms with Gasteiger partial charge >= 0.3 is 0 Å². The number of nitrogens with one attached hydrogen (secondary N) is 1. The van der Waals surface area contributed by atoms with E-state index in [-0.39, 0.29) is 0 Å². The van der Waals surface area contributed by atoms with Crippen LogP contribution in [-0.2, 0) is 13.2 Å². The molecule has 17 heavy (non-hydrogen) atoms. The van der Waals surface area contributed by atoms with Crippen LogP contribution in [0.25, 0.3) is 0 Å². The highest BCUT2D eigenvalue weighted by Gasteiger charge is 2.05. The van der Waals surface area contributed by atoms with Crippen molar-refractivity contribution in [3.8, 4) is 5.75 Å². The Morgan fingerprint density at radius 2 is 2.18 bits per heavy atom. The fourth-order valence-corrected chi connectivity index (χ4v) is 2.19. The summed E-state index contributed by atoms with van der Waals surface area (Å²) >= 11 is 7.03. The van der Waals surface area contributed by atoms with Gasteiger partial charge in [-0.05, 0) is 24.7 Å². The number of halogens is 1. The minimum absolute atomic E-state index is 0.394. The lowest BCUT2D eigenvalue weighted by Gasteiger charge is -2.09. The monoisotopic (exact) mass is 269 g/mol. The summed E-state index contributed by atoms with van der Waals surface area (Å²) in [5.41, 5.74) is 1.12. The van der Waals surface area contributed by atoms with Crippen molar-refractivity contribution < 1.29 is 4.74 Å². The number of aromatic nitrogens is 2. The molecule has 6 heteroatoms. The summed E-state index contributed by atoms with van der Waals surface area (Å²) in [6.07, 6.45) is 0. The summed E-state index contributed by atoms with van der Waals surface area (Å²) in [6.45, 7) is 1.16. The first-order valence-corrected chi connectivity index (χ1v) is 6.32. The SMILES string of the molecule is CNCc1ccccc1OCc1nnc(Cl)s1. The van der Waals surface area contributed by atoms with Crippen LogP contribution in [-0.4, -0.2) is 17.2 Å². The molecule has 0 radical (unpaired) electrons. The molecular formula is C11H12ClN3OS. The summed E-state index contributed by atoms with van der Waals surface area (Å²) in [5, 5.41) is 11.5. The molecule has 1 heterocycles. The van der Waals surface area contributed by atoms with Gasteiger partial charge in [-0.15, -0.1) is 10.2 Å². The molecule has 0 aliphatic heterocycles. The van der Waals surface area contributed by atoms with E-state index >= 15 is 0 Å². The second-order valence-corrected chi connectivity index (χ2v) is 5.02. The molecule has 4 nitrogen and oxygen atoms in total. The summed E-state index contributed by atoms with van der Waals surface area (Å²) < 4.78 is 6.14. The summed E-state index contributed by atoms with van der Waals surface area (Å²) in [4.78, 5) is 0. The molecule has 1 aromatic carbocycles. The Labute approximate surface area is 109 Å². The maximum Gasteiger partial charge on any atom is 0.207 e. The number of para-hydroxylation sites is 1. The van der Waals surface area contributed by atoms with Crippen LogP contribution >= 0.6 is 22.9 Å². The Kier molecular flexibility index (Phi) is 4.30.